The van der Waals surface area contributed by atoms with Crippen LogP contribution in [0.25, 0.3) is 0 Å². The van der Waals surface area contributed by atoms with Crippen LogP contribution in [-0.2, 0) is 38.0 Å². The third-order valence-electron chi connectivity index (χ3n) is 6.56. The summed E-state index contributed by atoms with van der Waals surface area (Å²) in [5, 5.41) is 0. The molecule has 1 heterocycles. The second kappa shape index (κ2) is 14.8. The molecule has 0 radical (unpaired) electrons. The first kappa shape index (κ1) is 29.6. The largest absolute Gasteiger partial charge is 0.496 e. The minimum Gasteiger partial charge on any atom is -0.496 e. The minimum absolute atomic E-state index is 0.0192. The number of rotatable bonds is 15. The average Bonchev–Trinajstić information content (AvgIpc) is 3.24. The van der Waals surface area contributed by atoms with E-state index in [1.807, 2.05) is 32.9 Å². The molecule has 0 amide bonds. The van der Waals surface area contributed by atoms with E-state index in [9.17, 15) is 9.59 Å². The van der Waals surface area contributed by atoms with Crippen molar-refractivity contribution in [2.24, 2.45) is 23.5 Å². The molecule has 0 bridgehead atoms. The summed E-state index contributed by atoms with van der Waals surface area (Å²) in [5.74, 6) is -0.358. The van der Waals surface area contributed by atoms with Crippen LogP contribution in [0.1, 0.15) is 40.0 Å². The monoisotopic (exact) mass is 507 g/mol. The standard InChI is InChI=1S/C27H41NO8/c1-17(13-20(26(29)33-6)14-18(2)9-10-28)7-8-21-24(32-5)19(3)22-15-35-27(30)23(22)25(21)36-16-34-12-11-31-4/h7,9,20,22-23H,8,10-16,28H2,1-6H3/b17-7+,18-9+/t20?,22-,23?/m0/s1. The van der Waals surface area contributed by atoms with E-state index in [-0.39, 0.29) is 37.2 Å². The molecule has 1 fully saturated rings. The Balaban J connectivity index is 2.31. The lowest BCUT2D eigenvalue weighted by atomic mass is 9.79. The van der Waals surface area contributed by atoms with Crippen molar-refractivity contribution < 1.29 is 38.0 Å². The van der Waals surface area contributed by atoms with E-state index in [0.29, 0.717) is 50.5 Å². The van der Waals surface area contributed by atoms with Crippen molar-refractivity contribution in [3.8, 4) is 0 Å². The molecule has 2 N–H and O–H groups in total. The molecule has 2 aliphatic rings. The maximum Gasteiger partial charge on any atom is 0.317 e. The van der Waals surface area contributed by atoms with Crippen molar-refractivity contribution in [3.63, 3.8) is 0 Å². The number of allylic oxidation sites excluding steroid dienone is 4. The molecule has 9 heteroatoms. The molecule has 0 aromatic heterocycles. The van der Waals surface area contributed by atoms with Gasteiger partial charge < -0.3 is 34.2 Å². The first-order valence-corrected chi connectivity index (χ1v) is 12.2. The van der Waals surface area contributed by atoms with Gasteiger partial charge in [0.15, 0.2) is 6.79 Å². The fourth-order valence-electron chi connectivity index (χ4n) is 4.68. The quantitative estimate of drug-likeness (QED) is 0.154. The van der Waals surface area contributed by atoms with Crippen LogP contribution in [0.15, 0.2) is 46.0 Å². The van der Waals surface area contributed by atoms with Crippen LogP contribution >= 0.6 is 0 Å². The lowest BCUT2D eigenvalue weighted by Gasteiger charge is -2.30. The van der Waals surface area contributed by atoms with Gasteiger partial charge in [0.25, 0.3) is 0 Å². The molecule has 1 saturated heterocycles. The second-order valence-corrected chi connectivity index (χ2v) is 9.11. The second-order valence-electron chi connectivity index (χ2n) is 9.11. The summed E-state index contributed by atoms with van der Waals surface area (Å²) in [4.78, 5) is 25.0. The highest BCUT2D eigenvalue weighted by molar-refractivity contribution is 5.80. The van der Waals surface area contributed by atoms with Crippen molar-refractivity contribution in [3.05, 3.63) is 46.0 Å². The zero-order valence-electron chi connectivity index (χ0n) is 22.4. The fraction of sp³-hybridized carbons (Fsp3) is 0.630. The van der Waals surface area contributed by atoms with Crippen LogP contribution in [0.3, 0.4) is 0 Å². The van der Waals surface area contributed by atoms with Crippen LogP contribution in [0, 0.1) is 17.8 Å². The average molecular weight is 508 g/mol. The molecule has 2 rings (SSSR count). The maximum atomic E-state index is 12.6. The number of nitrogens with two attached hydrogens (primary N) is 1. The van der Waals surface area contributed by atoms with Gasteiger partial charge in [0.05, 0.1) is 40.0 Å². The van der Waals surface area contributed by atoms with E-state index in [0.717, 1.165) is 22.3 Å². The molecule has 0 aromatic carbocycles. The van der Waals surface area contributed by atoms with Crippen molar-refractivity contribution in [1.82, 2.24) is 0 Å². The third-order valence-corrected chi connectivity index (χ3v) is 6.56. The molecule has 202 valence electrons. The van der Waals surface area contributed by atoms with Crippen molar-refractivity contribution in [2.45, 2.75) is 40.0 Å². The van der Waals surface area contributed by atoms with Crippen LogP contribution in [0.5, 0.6) is 0 Å². The Morgan fingerprint density at radius 3 is 2.44 bits per heavy atom. The van der Waals surface area contributed by atoms with Gasteiger partial charge >= 0.3 is 11.9 Å². The van der Waals surface area contributed by atoms with Crippen LogP contribution in [0.2, 0.25) is 0 Å². The number of hydrogen-bond acceptors (Lipinski definition) is 9. The summed E-state index contributed by atoms with van der Waals surface area (Å²) in [5.41, 5.74) is 9.41. The molecule has 1 aliphatic heterocycles. The van der Waals surface area contributed by atoms with Crippen LogP contribution in [0.4, 0.5) is 0 Å². The molecular weight excluding hydrogens is 466 g/mol. The SMILES string of the molecule is COCCOCOC1=C(C/C=C(\C)CC(C/C(C)=C/CN)C(=O)OC)C(OC)=C(C)[C@@H]2COC(=O)C12. The van der Waals surface area contributed by atoms with Crippen molar-refractivity contribution in [2.75, 3.05) is 54.5 Å². The number of ether oxygens (including phenoxy) is 6. The summed E-state index contributed by atoms with van der Waals surface area (Å²) in [6.45, 7) is 7.41. The Bertz CT molecular complexity index is 901. The zero-order valence-corrected chi connectivity index (χ0v) is 22.4. The number of cyclic esters (lactones) is 1. The highest BCUT2D eigenvalue weighted by Gasteiger charge is 2.47. The van der Waals surface area contributed by atoms with E-state index < -0.39 is 5.92 Å². The third kappa shape index (κ3) is 7.69. The van der Waals surface area contributed by atoms with Gasteiger partial charge in [-0.3, -0.25) is 9.59 Å². The Morgan fingerprint density at radius 2 is 1.83 bits per heavy atom. The number of hydrogen-bond donors (Lipinski definition) is 1. The number of fused-ring (bicyclic) bond motifs is 1. The molecule has 36 heavy (non-hydrogen) atoms. The van der Waals surface area contributed by atoms with Gasteiger partial charge in [0.1, 0.15) is 17.4 Å². The highest BCUT2D eigenvalue weighted by Crippen LogP contribution is 2.45. The minimum atomic E-state index is -0.537. The predicted molar refractivity (Wildman–Crippen MR) is 134 cm³/mol. The summed E-state index contributed by atoms with van der Waals surface area (Å²) >= 11 is 0. The predicted octanol–water partition coefficient (Wildman–Crippen LogP) is 3.41. The Morgan fingerprint density at radius 1 is 1.14 bits per heavy atom. The number of esters is 2. The molecule has 3 atom stereocenters. The van der Waals surface area contributed by atoms with Crippen molar-refractivity contribution >= 4 is 11.9 Å². The lowest BCUT2D eigenvalue weighted by Crippen LogP contribution is -2.28. The molecular formula is C27H41NO8. The summed E-state index contributed by atoms with van der Waals surface area (Å²) in [6.07, 6.45) is 5.51. The summed E-state index contributed by atoms with van der Waals surface area (Å²) in [7, 11) is 4.61. The first-order valence-electron chi connectivity index (χ1n) is 12.2. The van der Waals surface area contributed by atoms with Gasteiger partial charge in [0, 0.05) is 25.1 Å². The van der Waals surface area contributed by atoms with Gasteiger partial charge in [-0.15, -0.1) is 0 Å². The van der Waals surface area contributed by atoms with E-state index in [4.69, 9.17) is 34.2 Å². The van der Waals surface area contributed by atoms with Crippen LogP contribution in [-0.4, -0.2) is 66.4 Å². The van der Waals surface area contributed by atoms with E-state index >= 15 is 0 Å². The topological polar surface area (TPSA) is 116 Å². The van der Waals surface area contributed by atoms with Gasteiger partial charge in [-0.05, 0) is 45.6 Å². The van der Waals surface area contributed by atoms with Gasteiger partial charge in [-0.25, -0.2) is 0 Å². The molecule has 2 unspecified atom stereocenters. The Hall–Kier alpha value is -2.62. The lowest BCUT2D eigenvalue weighted by molar-refractivity contribution is -0.145. The first-order chi connectivity index (χ1) is 17.3. The molecule has 0 spiro atoms. The van der Waals surface area contributed by atoms with E-state index in [1.165, 1.54) is 7.11 Å². The summed E-state index contributed by atoms with van der Waals surface area (Å²) in [6, 6.07) is 0. The molecule has 0 aromatic rings. The summed E-state index contributed by atoms with van der Waals surface area (Å²) < 4.78 is 32.7. The highest BCUT2D eigenvalue weighted by atomic mass is 16.7. The molecule has 0 saturated carbocycles. The van der Waals surface area contributed by atoms with Gasteiger partial charge in [-0.1, -0.05) is 23.3 Å². The number of carbonyl (C=O) groups is 2. The smallest absolute Gasteiger partial charge is 0.317 e. The van der Waals surface area contributed by atoms with E-state index in [2.05, 4.69) is 0 Å². The zero-order chi connectivity index (χ0) is 26.7. The van der Waals surface area contributed by atoms with Crippen LogP contribution < -0.4 is 5.73 Å². The van der Waals surface area contributed by atoms with E-state index in [1.54, 1.807) is 14.2 Å². The Kier molecular flexibility index (Phi) is 12.2. The molecule has 9 nitrogen and oxygen atoms in total. The van der Waals surface area contributed by atoms with Gasteiger partial charge in [-0.2, -0.15) is 0 Å². The molecule has 1 aliphatic carbocycles. The maximum absolute atomic E-state index is 12.6. The Labute approximate surface area is 214 Å². The van der Waals surface area contributed by atoms with Crippen molar-refractivity contribution in [1.29, 1.82) is 0 Å². The van der Waals surface area contributed by atoms with Gasteiger partial charge in [0.2, 0.25) is 0 Å². The fourth-order valence-corrected chi connectivity index (χ4v) is 4.68. The normalized spacial score (nSPS) is 21.4. The number of carbonyl (C=O) groups excluding carboxylic acids is 2. The number of methoxy groups -OCH3 is 3.